The van der Waals surface area contributed by atoms with Crippen LogP contribution >= 0.6 is 0 Å². The molecule has 0 saturated carbocycles. The van der Waals surface area contributed by atoms with Gasteiger partial charge < -0.3 is 10.1 Å². The number of ether oxygens (including phenoxy) is 1. The molecule has 1 heterocycles. The lowest BCUT2D eigenvalue weighted by molar-refractivity contribution is -0.127. The summed E-state index contributed by atoms with van der Waals surface area (Å²) >= 11 is 0. The molecule has 6 heteroatoms. The normalized spacial score (nSPS) is 16.8. The Bertz CT molecular complexity index is 734. The number of carbonyl (C=O) groups is 2. The van der Waals surface area contributed by atoms with Crippen molar-refractivity contribution in [2.45, 2.75) is 18.9 Å². The summed E-state index contributed by atoms with van der Waals surface area (Å²) in [5, 5.41) is 2.72. The van der Waals surface area contributed by atoms with E-state index in [0.717, 1.165) is 5.56 Å². The Morgan fingerprint density at radius 2 is 1.76 bits per heavy atom. The van der Waals surface area contributed by atoms with Crippen molar-refractivity contribution in [2.24, 2.45) is 0 Å². The van der Waals surface area contributed by atoms with Crippen LogP contribution in [0, 0.1) is 5.82 Å². The quantitative estimate of drug-likeness (QED) is 0.622. The summed E-state index contributed by atoms with van der Waals surface area (Å²) in [6.45, 7) is 0.628. The van der Waals surface area contributed by atoms with Crippen molar-refractivity contribution >= 4 is 11.9 Å². The van der Waals surface area contributed by atoms with Gasteiger partial charge in [0.15, 0.2) is 0 Å². The second-order valence-corrected chi connectivity index (χ2v) is 5.84. The van der Waals surface area contributed by atoms with Gasteiger partial charge in [0.25, 0.3) is 5.91 Å². The molecule has 5 nitrogen and oxygen atoms in total. The maximum absolute atomic E-state index is 12.8. The first-order valence-corrected chi connectivity index (χ1v) is 8.17. The lowest BCUT2D eigenvalue weighted by atomic mass is 10.1. The maximum Gasteiger partial charge on any atom is 0.324 e. The van der Waals surface area contributed by atoms with E-state index in [-0.39, 0.29) is 24.3 Å². The summed E-state index contributed by atoms with van der Waals surface area (Å²) in [4.78, 5) is 25.6. The van der Waals surface area contributed by atoms with Crippen molar-refractivity contribution in [3.05, 3.63) is 66.0 Å². The number of carbonyl (C=O) groups excluding carboxylic acids is 2. The van der Waals surface area contributed by atoms with E-state index < -0.39 is 6.04 Å². The zero-order valence-electron chi connectivity index (χ0n) is 13.7. The van der Waals surface area contributed by atoms with Crippen molar-refractivity contribution in [1.82, 2.24) is 10.2 Å². The molecule has 130 valence electrons. The lowest BCUT2D eigenvalue weighted by Gasteiger charge is -2.13. The average Bonchev–Trinajstić information content (AvgIpc) is 2.88. The van der Waals surface area contributed by atoms with E-state index in [1.54, 1.807) is 12.1 Å². The maximum atomic E-state index is 12.8. The highest BCUT2D eigenvalue weighted by Crippen LogP contribution is 2.14. The molecule has 0 aliphatic carbocycles. The van der Waals surface area contributed by atoms with Gasteiger partial charge in [0.05, 0.1) is 6.61 Å². The molecule has 1 N–H and O–H groups in total. The average molecular weight is 342 g/mol. The molecule has 1 aliphatic rings. The van der Waals surface area contributed by atoms with Crippen LogP contribution in [0.15, 0.2) is 54.6 Å². The number of benzene rings is 2. The molecule has 1 atom stereocenters. The summed E-state index contributed by atoms with van der Waals surface area (Å²) < 4.78 is 18.3. The zero-order chi connectivity index (χ0) is 17.6. The van der Waals surface area contributed by atoms with Crippen molar-refractivity contribution < 1.29 is 18.7 Å². The molecule has 3 rings (SSSR count). The minimum absolute atomic E-state index is 0.212. The third-order valence-corrected chi connectivity index (χ3v) is 4.00. The minimum Gasteiger partial charge on any atom is -0.494 e. The highest BCUT2D eigenvalue weighted by Gasteiger charge is 2.37. The molecular formula is C19H19FN2O3. The molecule has 2 aromatic rings. The third-order valence-electron chi connectivity index (χ3n) is 4.00. The first-order valence-electron chi connectivity index (χ1n) is 8.17. The summed E-state index contributed by atoms with van der Waals surface area (Å²) in [5.74, 6) is 0.0207. The van der Waals surface area contributed by atoms with Crippen LogP contribution in [0.5, 0.6) is 5.75 Å². The fourth-order valence-corrected chi connectivity index (χ4v) is 2.72. The summed E-state index contributed by atoms with van der Waals surface area (Å²) in [7, 11) is 0. The van der Waals surface area contributed by atoms with E-state index in [0.29, 0.717) is 25.2 Å². The second-order valence-electron chi connectivity index (χ2n) is 5.84. The van der Waals surface area contributed by atoms with Gasteiger partial charge in [-0.15, -0.1) is 0 Å². The van der Waals surface area contributed by atoms with Crippen LogP contribution in [0.4, 0.5) is 9.18 Å². The topological polar surface area (TPSA) is 58.6 Å². The number of urea groups is 1. The van der Waals surface area contributed by atoms with Gasteiger partial charge in [-0.1, -0.05) is 30.3 Å². The largest absolute Gasteiger partial charge is 0.494 e. The number of amides is 3. The number of nitrogens with zero attached hydrogens (tertiary/aromatic N) is 1. The highest BCUT2D eigenvalue weighted by atomic mass is 19.1. The van der Waals surface area contributed by atoms with Crippen molar-refractivity contribution in [3.8, 4) is 5.75 Å². The Morgan fingerprint density at radius 1 is 1.04 bits per heavy atom. The van der Waals surface area contributed by atoms with E-state index in [2.05, 4.69) is 5.32 Å². The van der Waals surface area contributed by atoms with Gasteiger partial charge in [0, 0.05) is 13.0 Å². The SMILES string of the molecule is O=C1NC(Cc2ccccc2)C(=O)N1CCCOc1ccc(F)cc1. The minimum atomic E-state index is -0.520. The number of halogens is 1. The predicted octanol–water partition coefficient (Wildman–Crippen LogP) is 2.76. The Morgan fingerprint density at radius 3 is 2.48 bits per heavy atom. The number of rotatable bonds is 7. The van der Waals surface area contributed by atoms with Crippen LogP contribution in [0.2, 0.25) is 0 Å². The Kier molecular flexibility index (Phi) is 5.28. The van der Waals surface area contributed by atoms with Crippen molar-refractivity contribution in [1.29, 1.82) is 0 Å². The zero-order valence-corrected chi connectivity index (χ0v) is 13.7. The van der Waals surface area contributed by atoms with E-state index in [1.165, 1.54) is 17.0 Å². The van der Waals surface area contributed by atoms with Crippen molar-refractivity contribution in [2.75, 3.05) is 13.2 Å². The molecule has 0 spiro atoms. The molecule has 2 aromatic carbocycles. The van der Waals surface area contributed by atoms with Crippen LogP contribution in [0.1, 0.15) is 12.0 Å². The predicted molar refractivity (Wildman–Crippen MR) is 90.7 cm³/mol. The number of hydrogen-bond donors (Lipinski definition) is 1. The van der Waals surface area contributed by atoms with Gasteiger partial charge in [-0.25, -0.2) is 9.18 Å². The van der Waals surface area contributed by atoms with Crippen LogP contribution in [-0.4, -0.2) is 36.0 Å². The van der Waals surface area contributed by atoms with Crippen LogP contribution in [-0.2, 0) is 11.2 Å². The molecule has 0 aromatic heterocycles. The lowest BCUT2D eigenvalue weighted by Crippen LogP contribution is -2.33. The molecule has 1 unspecified atom stereocenters. The first-order chi connectivity index (χ1) is 12.1. The molecule has 0 radical (unpaired) electrons. The summed E-state index contributed by atoms with van der Waals surface area (Å²) in [6.07, 6.45) is 0.989. The molecule has 25 heavy (non-hydrogen) atoms. The molecule has 1 saturated heterocycles. The van der Waals surface area contributed by atoms with E-state index in [9.17, 15) is 14.0 Å². The Hall–Kier alpha value is -2.89. The number of imide groups is 1. The smallest absolute Gasteiger partial charge is 0.324 e. The monoisotopic (exact) mass is 342 g/mol. The molecule has 3 amide bonds. The van der Waals surface area contributed by atoms with Gasteiger partial charge in [0.2, 0.25) is 0 Å². The van der Waals surface area contributed by atoms with Gasteiger partial charge in [-0.2, -0.15) is 0 Å². The van der Waals surface area contributed by atoms with Crippen LogP contribution < -0.4 is 10.1 Å². The second kappa shape index (κ2) is 7.79. The highest BCUT2D eigenvalue weighted by molar-refractivity contribution is 6.04. The van der Waals surface area contributed by atoms with Crippen LogP contribution in [0.3, 0.4) is 0 Å². The third kappa shape index (κ3) is 4.35. The summed E-state index contributed by atoms with van der Waals surface area (Å²) in [6, 6.07) is 14.4. The van der Waals surface area contributed by atoms with Crippen LogP contribution in [0.25, 0.3) is 0 Å². The molecule has 1 aliphatic heterocycles. The van der Waals surface area contributed by atoms with Gasteiger partial charge in [0.1, 0.15) is 17.6 Å². The number of hydrogen-bond acceptors (Lipinski definition) is 3. The van der Waals surface area contributed by atoms with Gasteiger partial charge in [-0.3, -0.25) is 9.69 Å². The number of nitrogens with one attached hydrogen (secondary N) is 1. The van der Waals surface area contributed by atoms with Gasteiger partial charge >= 0.3 is 6.03 Å². The van der Waals surface area contributed by atoms with Crippen molar-refractivity contribution in [3.63, 3.8) is 0 Å². The molecular weight excluding hydrogens is 323 g/mol. The molecule has 1 fully saturated rings. The first kappa shape index (κ1) is 17.0. The van der Waals surface area contributed by atoms with E-state index in [4.69, 9.17) is 4.74 Å². The fourth-order valence-electron chi connectivity index (χ4n) is 2.72. The Labute approximate surface area is 145 Å². The molecule has 0 bridgehead atoms. The van der Waals surface area contributed by atoms with E-state index in [1.807, 2.05) is 30.3 Å². The standard InChI is InChI=1S/C19H19FN2O3/c20-15-7-9-16(10-8-15)25-12-4-11-22-18(23)17(21-19(22)24)13-14-5-2-1-3-6-14/h1-3,5-10,17H,4,11-13H2,(H,21,24). The van der Waals surface area contributed by atoms with E-state index >= 15 is 0 Å². The fraction of sp³-hybridized carbons (Fsp3) is 0.263. The van der Waals surface area contributed by atoms with Gasteiger partial charge in [-0.05, 0) is 36.2 Å². The summed E-state index contributed by atoms with van der Waals surface area (Å²) in [5.41, 5.74) is 1.00. The Balaban J connectivity index is 1.46.